The maximum absolute atomic E-state index is 11.7. The van der Waals surface area contributed by atoms with Crippen molar-refractivity contribution in [3.63, 3.8) is 0 Å². The molecule has 22 heavy (non-hydrogen) atoms. The van der Waals surface area contributed by atoms with Crippen molar-refractivity contribution in [2.24, 2.45) is 5.92 Å². The first-order valence-corrected chi connectivity index (χ1v) is 7.28. The summed E-state index contributed by atoms with van der Waals surface area (Å²) in [6, 6.07) is 4.89. The number of benzene rings is 1. The van der Waals surface area contributed by atoms with Crippen LogP contribution in [0.25, 0.3) is 0 Å². The lowest BCUT2D eigenvalue weighted by Gasteiger charge is -2.05. The van der Waals surface area contributed by atoms with Crippen LogP contribution >= 0.6 is 0 Å². The van der Waals surface area contributed by atoms with Gasteiger partial charge in [-0.25, -0.2) is 0 Å². The van der Waals surface area contributed by atoms with Crippen LogP contribution in [0.4, 0.5) is 0 Å². The third-order valence-electron chi connectivity index (χ3n) is 3.56. The fourth-order valence-electron chi connectivity index (χ4n) is 1.85. The van der Waals surface area contributed by atoms with Crippen molar-refractivity contribution in [2.45, 2.75) is 26.4 Å². The minimum Gasteiger partial charge on any atom is -0.468 e. The van der Waals surface area contributed by atoms with Gasteiger partial charge in [-0.1, -0.05) is 25.8 Å². The Morgan fingerprint density at radius 3 is 2.73 bits per heavy atom. The molecule has 1 fully saturated rings. The predicted molar refractivity (Wildman–Crippen MR) is 81.6 cm³/mol. The van der Waals surface area contributed by atoms with Crippen LogP contribution in [0, 0.1) is 5.92 Å². The molecule has 2 aliphatic rings. The van der Waals surface area contributed by atoms with Gasteiger partial charge in [0.05, 0.1) is 13.7 Å². The number of esters is 1. The van der Waals surface area contributed by atoms with Gasteiger partial charge in [-0.15, -0.1) is 0 Å². The predicted octanol–water partition coefficient (Wildman–Crippen LogP) is 0.223. The van der Waals surface area contributed by atoms with Gasteiger partial charge in [0.15, 0.2) is 0 Å². The van der Waals surface area contributed by atoms with Crippen LogP contribution in [-0.2, 0) is 20.8 Å². The van der Waals surface area contributed by atoms with Crippen LogP contribution in [0.3, 0.4) is 0 Å². The minimum atomic E-state index is -0.992. The highest BCUT2D eigenvalue weighted by atomic mass is 16.5. The van der Waals surface area contributed by atoms with E-state index in [4.69, 9.17) is 4.65 Å². The Morgan fingerprint density at radius 2 is 2.14 bits per heavy atom. The number of fused-ring (bicyclic) bond motifs is 1. The van der Waals surface area contributed by atoms with Gasteiger partial charge < -0.3 is 19.7 Å². The molecule has 2 N–H and O–H groups in total. The molecule has 0 bridgehead atoms. The van der Waals surface area contributed by atoms with Gasteiger partial charge in [-0.3, -0.25) is 9.59 Å². The molecule has 0 atom stereocenters. The Morgan fingerprint density at radius 1 is 1.45 bits per heavy atom. The summed E-state index contributed by atoms with van der Waals surface area (Å²) in [5.41, 5.74) is 1.80. The average Bonchev–Trinajstić information content (AvgIpc) is 3.23. The summed E-state index contributed by atoms with van der Waals surface area (Å²) in [6.45, 7) is 2.42. The van der Waals surface area contributed by atoms with E-state index in [1.54, 1.807) is 18.2 Å². The van der Waals surface area contributed by atoms with Crippen molar-refractivity contribution >= 4 is 24.5 Å². The fourth-order valence-corrected chi connectivity index (χ4v) is 1.85. The SMILES string of the molecule is CC1CC1.COC(=O)CNC(=O)c1ccc2c(c1)B(O)OC2. The van der Waals surface area contributed by atoms with Crippen LogP contribution in [-0.4, -0.2) is 37.7 Å². The van der Waals surface area contributed by atoms with E-state index in [-0.39, 0.29) is 6.54 Å². The molecule has 1 aliphatic heterocycles. The normalized spacial score (nSPS) is 15.5. The molecule has 6 nitrogen and oxygen atoms in total. The lowest BCUT2D eigenvalue weighted by molar-refractivity contribution is -0.139. The second kappa shape index (κ2) is 7.42. The number of methoxy groups -OCH3 is 1. The molecule has 3 rings (SSSR count). The van der Waals surface area contributed by atoms with E-state index in [2.05, 4.69) is 17.0 Å². The van der Waals surface area contributed by atoms with E-state index in [0.717, 1.165) is 11.5 Å². The maximum atomic E-state index is 11.7. The van der Waals surface area contributed by atoms with Crippen LogP contribution in [0.1, 0.15) is 35.7 Å². The topological polar surface area (TPSA) is 84.9 Å². The van der Waals surface area contributed by atoms with E-state index < -0.39 is 19.0 Å². The number of carbonyl (C=O) groups is 2. The highest BCUT2D eigenvalue weighted by Crippen LogP contribution is 2.26. The van der Waals surface area contributed by atoms with Gasteiger partial charge in [0, 0.05) is 5.56 Å². The van der Waals surface area contributed by atoms with Gasteiger partial charge in [0.2, 0.25) is 0 Å². The Hall–Kier alpha value is -1.86. The number of rotatable bonds is 3. The summed E-state index contributed by atoms with van der Waals surface area (Å²) in [6.07, 6.45) is 2.97. The quantitative estimate of drug-likeness (QED) is 0.616. The van der Waals surface area contributed by atoms with Crippen LogP contribution in [0.2, 0.25) is 0 Å². The first kappa shape index (κ1) is 16.5. The van der Waals surface area contributed by atoms with Crippen molar-refractivity contribution in [1.82, 2.24) is 5.32 Å². The fraction of sp³-hybridized carbons (Fsp3) is 0.467. The number of carbonyl (C=O) groups excluding carboxylic acids is 2. The third-order valence-corrected chi connectivity index (χ3v) is 3.56. The van der Waals surface area contributed by atoms with E-state index in [9.17, 15) is 14.6 Å². The Labute approximate surface area is 129 Å². The second-order valence-corrected chi connectivity index (χ2v) is 5.52. The molecule has 7 heteroatoms. The van der Waals surface area contributed by atoms with Crippen molar-refractivity contribution < 1.29 is 24.0 Å². The van der Waals surface area contributed by atoms with Gasteiger partial charge in [0.25, 0.3) is 5.91 Å². The summed E-state index contributed by atoms with van der Waals surface area (Å²) in [5, 5.41) is 11.9. The summed E-state index contributed by atoms with van der Waals surface area (Å²) in [4.78, 5) is 22.6. The molecule has 0 spiro atoms. The average molecular weight is 305 g/mol. The number of hydrogen-bond acceptors (Lipinski definition) is 5. The molecule has 0 saturated heterocycles. The smallest absolute Gasteiger partial charge is 0.468 e. The first-order chi connectivity index (χ1) is 10.5. The summed E-state index contributed by atoms with van der Waals surface area (Å²) in [5.74, 6) is 0.162. The molecule has 1 aromatic carbocycles. The van der Waals surface area contributed by atoms with Crippen molar-refractivity contribution in [3.05, 3.63) is 29.3 Å². The zero-order chi connectivity index (χ0) is 16.1. The Bertz CT molecular complexity index is 559. The van der Waals surface area contributed by atoms with Gasteiger partial charge in [-0.2, -0.15) is 0 Å². The van der Waals surface area contributed by atoms with Gasteiger partial charge in [0.1, 0.15) is 6.54 Å². The minimum absolute atomic E-state index is 0.189. The van der Waals surface area contributed by atoms with E-state index in [1.165, 1.54) is 20.0 Å². The Balaban J connectivity index is 0.000000381. The van der Waals surface area contributed by atoms with Crippen molar-refractivity contribution in [1.29, 1.82) is 0 Å². The summed E-state index contributed by atoms with van der Waals surface area (Å²) in [7, 11) is 0.255. The van der Waals surface area contributed by atoms with E-state index >= 15 is 0 Å². The molecule has 1 aromatic rings. The second-order valence-electron chi connectivity index (χ2n) is 5.52. The standard InChI is InChI=1S/C11H12BNO5.C4H8/c1-17-10(14)5-13-11(15)7-2-3-8-6-18-12(16)9(8)4-7;1-4-2-3-4/h2-4,16H,5-6H2,1H3,(H,13,15);4H,2-3H2,1H3. The molecule has 1 saturated carbocycles. The number of hydrogen-bond donors (Lipinski definition) is 2. The largest absolute Gasteiger partial charge is 0.491 e. The highest BCUT2D eigenvalue weighted by molar-refractivity contribution is 6.61. The van der Waals surface area contributed by atoms with E-state index in [1.807, 2.05) is 0 Å². The number of amides is 1. The summed E-state index contributed by atoms with van der Waals surface area (Å²) >= 11 is 0. The zero-order valence-corrected chi connectivity index (χ0v) is 12.8. The monoisotopic (exact) mass is 305 g/mol. The molecular formula is C15H20BNO5. The Kier molecular flexibility index (Phi) is 5.57. The van der Waals surface area contributed by atoms with Crippen LogP contribution in [0.15, 0.2) is 18.2 Å². The molecular weight excluding hydrogens is 285 g/mol. The molecule has 1 heterocycles. The van der Waals surface area contributed by atoms with Crippen molar-refractivity contribution in [2.75, 3.05) is 13.7 Å². The number of nitrogens with one attached hydrogen (secondary N) is 1. The molecule has 118 valence electrons. The molecule has 1 amide bonds. The molecule has 0 unspecified atom stereocenters. The maximum Gasteiger partial charge on any atom is 0.491 e. The molecule has 1 aliphatic carbocycles. The van der Waals surface area contributed by atoms with Crippen molar-refractivity contribution in [3.8, 4) is 0 Å². The van der Waals surface area contributed by atoms with Crippen LogP contribution < -0.4 is 10.8 Å². The lowest BCUT2D eigenvalue weighted by Crippen LogP contribution is -2.33. The highest BCUT2D eigenvalue weighted by Gasteiger charge is 2.27. The molecule has 0 aromatic heterocycles. The third kappa shape index (κ3) is 4.57. The lowest BCUT2D eigenvalue weighted by atomic mass is 9.79. The van der Waals surface area contributed by atoms with E-state index in [0.29, 0.717) is 17.6 Å². The van der Waals surface area contributed by atoms with Gasteiger partial charge >= 0.3 is 13.1 Å². The number of ether oxygens (including phenoxy) is 1. The molecule has 0 radical (unpaired) electrons. The first-order valence-electron chi connectivity index (χ1n) is 7.28. The van der Waals surface area contributed by atoms with Gasteiger partial charge in [-0.05, 0) is 29.1 Å². The summed E-state index contributed by atoms with van der Waals surface area (Å²) < 4.78 is 9.44. The van der Waals surface area contributed by atoms with Crippen LogP contribution in [0.5, 0.6) is 0 Å². The zero-order valence-electron chi connectivity index (χ0n) is 12.8.